The van der Waals surface area contributed by atoms with Gasteiger partial charge in [0.1, 0.15) is 5.60 Å². The molecule has 4 nitrogen and oxygen atoms in total. The van der Waals surface area contributed by atoms with Crippen molar-refractivity contribution < 1.29 is 9.90 Å². The molecule has 0 saturated heterocycles. The zero-order valence-electron chi connectivity index (χ0n) is 12.6. The average molecular weight is 336 g/mol. The van der Waals surface area contributed by atoms with E-state index in [0.29, 0.717) is 0 Å². The third-order valence-electron chi connectivity index (χ3n) is 3.23. The molecule has 1 aromatic heterocycles. The van der Waals surface area contributed by atoms with Crippen LogP contribution in [0, 0.1) is 0 Å². The summed E-state index contributed by atoms with van der Waals surface area (Å²) >= 11 is 3.25. The number of benzene rings is 1. The maximum atomic E-state index is 12.0. The lowest BCUT2D eigenvalue weighted by Crippen LogP contribution is -2.40. The van der Waals surface area contributed by atoms with Crippen LogP contribution in [0.4, 0.5) is 10.5 Å². The van der Waals surface area contributed by atoms with Gasteiger partial charge in [-0.2, -0.15) is 23.1 Å². The summed E-state index contributed by atoms with van der Waals surface area (Å²) in [5, 5.41) is 19.7. The third-order valence-corrected chi connectivity index (χ3v) is 4.54. The fourth-order valence-corrected chi connectivity index (χ4v) is 3.30. The molecule has 2 rings (SSSR count). The molecule has 0 aliphatic heterocycles. The van der Waals surface area contributed by atoms with Gasteiger partial charge in [0.15, 0.2) is 0 Å². The van der Waals surface area contributed by atoms with Crippen LogP contribution in [-0.2, 0) is 11.4 Å². The van der Waals surface area contributed by atoms with E-state index in [0.717, 1.165) is 22.6 Å². The number of thiophene rings is 1. The van der Waals surface area contributed by atoms with E-state index in [1.54, 1.807) is 18.7 Å². The molecule has 0 spiro atoms. The fourth-order valence-electron chi connectivity index (χ4n) is 2.01. The summed E-state index contributed by atoms with van der Waals surface area (Å²) in [6, 6.07) is 9.28. The lowest BCUT2D eigenvalue weighted by Gasteiger charge is -2.22. The standard InChI is InChI=1S/C16H20N2O2S2/c1-16(20,13-6-7-22-10-13)11-17-15(19)18-14-5-3-4-12(8-14)9-21-2/h3-8,10,20H,9,11H2,1-2H3,(H2,17,18,19)/t16-/m1/s1. The SMILES string of the molecule is CSCc1cccc(NC(=O)NC[C@@](C)(O)c2ccsc2)c1. The molecule has 2 aromatic rings. The summed E-state index contributed by atoms with van der Waals surface area (Å²) in [4.78, 5) is 12.0. The number of amides is 2. The number of urea groups is 1. The van der Waals surface area contributed by atoms with Crippen molar-refractivity contribution in [3.05, 3.63) is 52.2 Å². The van der Waals surface area contributed by atoms with Gasteiger partial charge in [-0.15, -0.1) is 0 Å². The van der Waals surface area contributed by atoms with E-state index in [2.05, 4.69) is 10.6 Å². The second-order valence-corrected chi connectivity index (χ2v) is 6.87. The smallest absolute Gasteiger partial charge is 0.319 e. The molecule has 0 bridgehead atoms. The molecule has 0 aliphatic carbocycles. The Hall–Kier alpha value is -1.50. The number of hydrogen-bond acceptors (Lipinski definition) is 4. The molecule has 6 heteroatoms. The molecule has 0 aliphatic rings. The van der Waals surface area contributed by atoms with E-state index in [-0.39, 0.29) is 12.6 Å². The Bertz CT molecular complexity index is 612. The third kappa shape index (κ3) is 4.76. The van der Waals surface area contributed by atoms with Crippen LogP contribution in [-0.4, -0.2) is 23.9 Å². The highest BCUT2D eigenvalue weighted by molar-refractivity contribution is 7.97. The molecule has 1 atom stereocenters. The van der Waals surface area contributed by atoms with Crippen LogP contribution in [0.15, 0.2) is 41.1 Å². The van der Waals surface area contributed by atoms with Crippen molar-refractivity contribution in [3.63, 3.8) is 0 Å². The van der Waals surface area contributed by atoms with E-state index in [1.807, 2.05) is 47.3 Å². The summed E-state index contributed by atoms with van der Waals surface area (Å²) in [7, 11) is 0. The van der Waals surface area contributed by atoms with Gasteiger partial charge < -0.3 is 15.7 Å². The monoisotopic (exact) mass is 336 g/mol. The van der Waals surface area contributed by atoms with Crippen LogP contribution in [0.2, 0.25) is 0 Å². The zero-order chi connectivity index (χ0) is 16.0. The number of anilines is 1. The van der Waals surface area contributed by atoms with E-state index in [1.165, 1.54) is 11.3 Å². The minimum Gasteiger partial charge on any atom is -0.384 e. The van der Waals surface area contributed by atoms with E-state index < -0.39 is 5.60 Å². The first-order valence-electron chi connectivity index (χ1n) is 6.89. The molecular formula is C16H20N2O2S2. The minimum absolute atomic E-state index is 0.153. The van der Waals surface area contributed by atoms with Gasteiger partial charge in [-0.1, -0.05) is 12.1 Å². The Morgan fingerprint density at radius 1 is 1.41 bits per heavy atom. The summed E-state index contributed by atoms with van der Waals surface area (Å²) in [6.45, 7) is 1.84. The van der Waals surface area contributed by atoms with Crippen molar-refractivity contribution in [1.82, 2.24) is 5.32 Å². The minimum atomic E-state index is -1.07. The van der Waals surface area contributed by atoms with Crippen molar-refractivity contribution in [3.8, 4) is 0 Å². The lowest BCUT2D eigenvalue weighted by atomic mass is 9.99. The van der Waals surface area contributed by atoms with Crippen LogP contribution >= 0.6 is 23.1 Å². The molecule has 2 amide bonds. The molecule has 0 unspecified atom stereocenters. The quantitative estimate of drug-likeness (QED) is 0.755. The Morgan fingerprint density at radius 2 is 2.23 bits per heavy atom. The van der Waals surface area contributed by atoms with Crippen LogP contribution < -0.4 is 10.6 Å². The van der Waals surface area contributed by atoms with E-state index in [9.17, 15) is 9.90 Å². The predicted octanol–water partition coefficient (Wildman–Crippen LogP) is 3.64. The molecule has 0 radical (unpaired) electrons. The predicted molar refractivity (Wildman–Crippen MR) is 94.6 cm³/mol. The topological polar surface area (TPSA) is 61.4 Å². The molecule has 22 heavy (non-hydrogen) atoms. The van der Waals surface area contributed by atoms with Crippen LogP contribution in [0.5, 0.6) is 0 Å². The van der Waals surface area contributed by atoms with Gasteiger partial charge in [-0.25, -0.2) is 4.79 Å². The molecule has 0 fully saturated rings. The molecule has 118 valence electrons. The van der Waals surface area contributed by atoms with E-state index in [4.69, 9.17) is 0 Å². The van der Waals surface area contributed by atoms with Crippen molar-refractivity contribution in [2.24, 2.45) is 0 Å². The maximum Gasteiger partial charge on any atom is 0.319 e. The number of carbonyl (C=O) groups excluding carboxylic acids is 1. The van der Waals surface area contributed by atoms with Crippen molar-refractivity contribution >= 4 is 34.8 Å². The number of nitrogens with one attached hydrogen (secondary N) is 2. The van der Waals surface area contributed by atoms with Crippen LogP contribution in [0.25, 0.3) is 0 Å². The summed E-state index contributed by atoms with van der Waals surface area (Å²) in [6.07, 6.45) is 2.04. The summed E-state index contributed by atoms with van der Waals surface area (Å²) in [5.41, 5.74) is 1.65. The highest BCUT2D eigenvalue weighted by Crippen LogP contribution is 2.22. The Kier molecular flexibility index (Phi) is 5.88. The number of hydrogen-bond donors (Lipinski definition) is 3. The average Bonchev–Trinajstić information content (AvgIpc) is 3.01. The highest BCUT2D eigenvalue weighted by Gasteiger charge is 2.24. The molecule has 3 N–H and O–H groups in total. The molecule has 0 saturated carbocycles. The Morgan fingerprint density at radius 3 is 2.91 bits per heavy atom. The van der Waals surface area contributed by atoms with Crippen LogP contribution in [0.1, 0.15) is 18.1 Å². The largest absolute Gasteiger partial charge is 0.384 e. The molecule has 1 aromatic carbocycles. The molecular weight excluding hydrogens is 316 g/mol. The Balaban J connectivity index is 1.89. The van der Waals surface area contributed by atoms with Gasteiger partial charge in [0.2, 0.25) is 0 Å². The van der Waals surface area contributed by atoms with Crippen molar-refractivity contribution in [2.75, 3.05) is 18.1 Å². The van der Waals surface area contributed by atoms with Gasteiger partial charge in [0.25, 0.3) is 0 Å². The van der Waals surface area contributed by atoms with Gasteiger partial charge >= 0.3 is 6.03 Å². The maximum absolute atomic E-state index is 12.0. The number of carbonyl (C=O) groups is 1. The number of rotatable bonds is 6. The molecule has 1 heterocycles. The second kappa shape index (κ2) is 7.67. The van der Waals surface area contributed by atoms with E-state index >= 15 is 0 Å². The van der Waals surface area contributed by atoms with Gasteiger partial charge in [0.05, 0.1) is 6.54 Å². The number of aliphatic hydroxyl groups is 1. The Labute approximate surface area is 138 Å². The second-order valence-electron chi connectivity index (χ2n) is 5.23. The highest BCUT2D eigenvalue weighted by atomic mass is 32.2. The first-order chi connectivity index (χ1) is 10.5. The van der Waals surface area contributed by atoms with Gasteiger partial charge in [0, 0.05) is 11.4 Å². The summed E-state index contributed by atoms with van der Waals surface area (Å²) < 4.78 is 0. The van der Waals surface area contributed by atoms with Crippen LogP contribution in [0.3, 0.4) is 0 Å². The van der Waals surface area contributed by atoms with Gasteiger partial charge in [-0.05, 0) is 53.3 Å². The normalized spacial score (nSPS) is 13.4. The first kappa shape index (κ1) is 16.9. The van der Waals surface area contributed by atoms with Crippen molar-refractivity contribution in [2.45, 2.75) is 18.3 Å². The number of thioether (sulfide) groups is 1. The van der Waals surface area contributed by atoms with Gasteiger partial charge in [-0.3, -0.25) is 0 Å². The summed E-state index contributed by atoms with van der Waals surface area (Å²) in [5.74, 6) is 0.907. The van der Waals surface area contributed by atoms with Crippen molar-refractivity contribution in [1.29, 1.82) is 0 Å². The fraction of sp³-hybridized carbons (Fsp3) is 0.312. The zero-order valence-corrected chi connectivity index (χ0v) is 14.3. The first-order valence-corrected chi connectivity index (χ1v) is 9.23. The lowest BCUT2D eigenvalue weighted by molar-refractivity contribution is 0.0604.